The molecule has 1 amide bonds. The normalized spacial score (nSPS) is 16.2. The van der Waals surface area contributed by atoms with Crippen molar-refractivity contribution in [2.75, 3.05) is 13.2 Å². The van der Waals surface area contributed by atoms with Crippen molar-refractivity contribution < 1.29 is 13.9 Å². The summed E-state index contributed by atoms with van der Waals surface area (Å²) in [4.78, 5) is 28.7. The van der Waals surface area contributed by atoms with E-state index in [1.54, 1.807) is 23.1 Å². The lowest BCUT2D eigenvalue weighted by atomic mass is 9.86. The Hall–Kier alpha value is -2.63. The minimum absolute atomic E-state index is 0.00177. The second-order valence-electron chi connectivity index (χ2n) is 9.86. The van der Waals surface area contributed by atoms with Gasteiger partial charge in [0.25, 0.3) is 5.91 Å². The van der Waals surface area contributed by atoms with E-state index in [9.17, 15) is 9.59 Å². The average Bonchev–Trinajstić information content (AvgIpc) is 3.03. The van der Waals surface area contributed by atoms with Crippen molar-refractivity contribution in [1.82, 2.24) is 4.90 Å². The van der Waals surface area contributed by atoms with E-state index >= 15 is 0 Å². The maximum Gasteiger partial charge on any atom is 0.290 e. The smallest absolute Gasteiger partial charge is 0.290 e. The molecule has 6 heteroatoms. The summed E-state index contributed by atoms with van der Waals surface area (Å²) in [6.07, 6.45) is 0.782. The fraction of sp³-hybridized carbons (Fsp3) is 0.407. The number of hydrogen-bond acceptors (Lipinski definition) is 4. The van der Waals surface area contributed by atoms with Crippen molar-refractivity contribution in [3.8, 4) is 0 Å². The van der Waals surface area contributed by atoms with Crippen LogP contribution in [0.25, 0.3) is 11.0 Å². The number of hydrogen-bond donors (Lipinski definition) is 0. The molecule has 0 unspecified atom stereocenters. The number of halogens is 1. The molecule has 4 rings (SSSR count). The first-order valence-electron chi connectivity index (χ1n) is 11.4. The molecule has 0 saturated heterocycles. The molecule has 1 atom stereocenters. The first-order valence-corrected chi connectivity index (χ1v) is 11.7. The third-order valence-electron chi connectivity index (χ3n) is 6.01. The molecule has 3 aromatic rings. The van der Waals surface area contributed by atoms with Gasteiger partial charge < -0.3 is 14.1 Å². The molecule has 0 aliphatic carbocycles. The van der Waals surface area contributed by atoms with Gasteiger partial charge in [0.15, 0.2) is 5.43 Å². The molecule has 1 aromatic heterocycles. The van der Waals surface area contributed by atoms with Crippen LogP contribution < -0.4 is 5.43 Å². The molecule has 1 aliphatic rings. The highest BCUT2D eigenvalue weighted by Gasteiger charge is 2.42. The number of fused-ring (bicyclic) bond motifs is 2. The summed E-state index contributed by atoms with van der Waals surface area (Å²) in [6, 6.07) is 12.5. The summed E-state index contributed by atoms with van der Waals surface area (Å²) in [6.45, 7) is 11.4. The molecule has 33 heavy (non-hydrogen) atoms. The summed E-state index contributed by atoms with van der Waals surface area (Å²) in [5.74, 6) is -0.155. The van der Waals surface area contributed by atoms with Gasteiger partial charge in [0.1, 0.15) is 5.58 Å². The van der Waals surface area contributed by atoms with E-state index in [0.717, 1.165) is 5.56 Å². The van der Waals surface area contributed by atoms with Crippen molar-refractivity contribution >= 4 is 28.5 Å². The lowest BCUT2D eigenvalue weighted by molar-refractivity contribution is 0.0593. The number of carbonyl (C=O) groups excluding carboxylic acids is 1. The zero-order valence-electron chi connectivity index (χ0n) is 19.8. The molecule has 174 valence electrons. The molecule has 5 nitrogen and oxygen atoms in total. The molecule has 0 spiro atoms. The quantitative estimate of drug-likeness (QED) is 0.411. The molecule has 2 aromatic carbocycles. The first kappa shape index (κ1) is 23.5. The number of nitrogens with zero attached hydrogens (tertiary/aromatic N) is 1. The third kappa shape index (κ3) is 4.57. The molecule has 0 bridgehead atoms. The molecule has 0 N–H and O–H groups in total. The highest BCUT2D eigenvalue weighted by atomic mass is 35.5. The van der Waals surface area contributed by atoms with Crippen molar-refractivity contribution in [1.29, 1.82) is 0 Å². The van der Waals surface area contributed by atoms with Crippen molar-refractivity contribution in [2.45, 2.75) is 58.6 Å². The molecular weight excluding hydrogens is 438 g/mol. The van der Waals surface area contributed by atoms with Gasteiger partial charge in [-0.15, -0.1) is 0 Å². The predicted molar refractivity (Wildman–Crippen MR) is 131 cm³/mol. The average molecular weight is 468 g/mol. The van der Waals surface area contributed by atoms with Crippen LogP contribution in [0.5, 0.6) is 0 Å². The summed E-state index contributed by atoms with van der Waals surface area (Å²) >= 11 is 6.15. The van der Waals surface area contributed by atoms with Crippen LogP contribution in [0.4, 0.5) is 0 Å². The zero-order valence-corrected chi connectivity index (χ0v) is 20.5. The number of amides is 1. The van der Waals surface area contributed by atoms with Gasteiger partial charge >= 0.3 is 0 Å². The summed E-state index contributed by atoms with van der Waals surface area (Å²) in [5.41, 5.74) is 2.60. The van der Waals surface area contributed by atoms with E-state index in [1.807, 2.05) is 26.0 Å². The van der Waals surface area contributed by atoms with Crippen LogP contribution in [0.3, 0.4) is 0 Å². The Balaban J connectivity index is 1.81. The molecular formula is C27H30ClNO4. The van der Waals surface area contributed by atoms with E-state index < -0.39 is 6.04 Å². The van der Waals surface area contributed by atoms with Crippen LogP contribution in [-0.2, 0) is 10.2 Å². The van der Waals surface area contributed by atoms with Crippen LogP contribution in [0.1, 0.15) is 74.3 Å². The van der Waals surface area contributed by atoms with Gasteiger partial charge in [0, 0.05) is 18.2 Å². The summed E-state index contributed by atoms with van der Waals surface area (Å²) < 4.78 is 11.6. The van der Waals surface area contributed by atoms with Gasteiger partial charge in [-0.2, -0.15) is 0 Å². The summed E-state index contributed by atoms with van der Waals surface area (Å²) in [5, 5.41) is 0.836. The fourth-order valence-corrected chi connectivity index (χ4v) is 4.46. The van der Waals surface area contributed by atoms with Gasteiger partial charge in [-0.25, -0.2) is 0 Å². The second-order valence-corrected chi connectivity index (χ2v) is 10.3. The lowest BCUT2D eigenvalue weighted by Crippen LogP contribution is -2.31. The predicted octanol–water partition coefficient (Wildman–Crippen LogP) is 6.10. The number of ether oxygens (including phenoxy) is 1. The lowest BCUT2D eigenvalue weighted by Gasteiger charge is -2.26. The Bertz CT molecular complexity index is 1240. The maximum atomic E-state index is 13.6. The second kappa shape index (κ2) is 8.96. The van der Waals surface area contributed by atoms with Gasteiger partial charge in [-0.1, -0.05) is 56.6 Å². The molecule has 1 aliphatic heterocycles. The standard InChI is InChI=1S/C27H30ClNO4/c1-16(2)32-14-6-13-29-23(17-7-9-18(10-8-17)27(3,4)5)22-24(30)20-15-19(28)11-12-21(20)33-25(22)26(29)31/h7-12,15-16,23H,6,13-14H2,1-5H3/t23-/m1/s1. The first-order chi connectivity index (χ1) is 15.6. The summed E-state index contributed by atoms with van der Waals surface area (Å²) in [7, 11) is 0. The fourth-order valence-electron chi connectivity index (χ4n) is 4.29. The topological polar surface area (TPSA) is 59.8 Å². The molecule has 2 heterocycles. The van der Waals surface area contributed by atoms with E-state index in [4.69, 9.17) is 20.8 Å². The highest BCUT2D eigenvalue weighted by Crippen LogP contribution is 2.39. The Labute approximate surface area is 199 Å². The zero-order chi connectivity index (χ0) is 23.9. The van der Waals surface area contributed by atoms with E-state index in [2.05, 4.69) is 32.9 Å². The number of rotatable bonds is 6. The van der Waals surface area contributed by atoms with Crippen LogP contribution in [0, 0.1) is 0 Å². The Kier molecular flexibility index (Phi) is 6.39. The van der Waals surface area contributed by atoms with Crippen LogP contribution in [0.2, 0.25) is 5.02 Å². The Morgan fingerprint density at radius 3 is 2.42 bits per heavy atom. The third-order valence-corrected chi connectivity index (χ3v) is 6.25. The van der Waals surface area contributed by atoms with Crippen molar-refractivity contribution in [3.05, 3.63) is 80.2 Å². The van der Waals surface area contributed by atoms with E-state index in [0.29, 0.717) is 41.1 Å². The van der Waals surface area contributed by atoms with Gasteiger partial charge in [0.2, 0.25) is 5.76 Å². The van der Waals surface area contributed by atoms with E-state index in [1.165, 1.54) is 5.56 Å². The monoisotopic (exact) mass is 467 g/mol. The molecule has 0 fully saturated rings. The van der Waals surface area contributed by atoms with Crippen molar-refractivity contribution in [2.24, 2.45) is 0 Å². The van der Waals surface area contributed by atoms with Gasteiger partial charge in [-0.3, -0.25) is 9.59 Å². The Morgan fingerprint density at radius 1 is 1.09 bits per heavy atom. The molecule has 0 saturated carbocycles. The van der Waals surface area contributed by atoms with Crippen LogP contribution in [0.15, 0.2) is 51.7 Å². The Morgan fingerprint density at radius 2 is 1.79 bits per heavy atom. The van der Waals surface area contributed by atoms with E-state index in [-0.39, 0.29) is 28.6 Å². The minimum Gasteiger partial charge on any atom is -0.450 e. The largest absolute Gasteiger partial charge is 0.450 e. The van der Waals surface area contributed by atoms with Crippen LogP contribution in [-0.4, -0.2) is 30.1 Å². The van der Waals surface area contributed by atoms with Crippen molar-refractivity contribution in [3.63, 3.8) is 0 Å². The van der Waals surface area contributed by atoms with Gasteiger partial charge in [-0.05, 0) is 55.0 Å². The number of carbonyl (C=O) groups is 1. The maximum absolute atomic E-state index is 13.6. The number of benzene rings is 2. The van der Waals surface area contributed by atoms with Crippen LogP contribution >= 0.6 is 11.6 Å². The SMILES string of the molecule is CC(C)OCCCN1C(=O)c2oc3ccc(Cl)cc3c(=O)c2[C@H]1c1ccc(C(C)(C)C)cc1. The highest BCUT2D eigenvalue weighted by molar-refractivity contribution is 6.31. The molecule has 0 radical (unpaired) electrons. The van der Waals surface area contributed by atoms with Gasteiger partial charge in [0.05, 0.1) is 23.1 Å². The minimum atomic E-state index is -0.514.